The number of nitrogens with zero attached hydrogens (tertiary/aromatic N) is 1. The minimum Gasteiger partial charge on any atom is -0.456 e. The molecule has 0 N–H and O–H groups in total. The average molecular weight is 433 g/mol. The fraction of sp³-hybridized carbons (Fsp3) is 0.200. The van der Waals surface area contributed by atoms with E-state index in [1.807, 2.05) is 43.3 Å². The second-order valence-corrected chi connectivity index (χ2v) is 7.73. The molecule has 132 valence electrons. The summed E-state index contributed by atoms with van der Waals surface area (Å²) in [5.41, 5.74) is 3.68. The van der Waals surface area contributed by atoms with Gasteiger partial charge in [-0.3, -0.25) is 9.69 Å². The lowest BCUT2D eigenvalue weighted by Gasteiger charge is -2.32. The summed E-state index contributed by atoms with van der Waals surface area (Å²) in [6.07, 6.45) is 0.209. The Morgan fingerprint density at radius 2 is 1.88 bits per heavy atom. The Morgan fingerprint density at radius 1 is 1.15 bits per heavy atom. The molecule has 0 bridgehead atoms. The van der Waals surface area contributed by atoms with Crippen molar-refractivity contribution in [3.63, 3.8) is 0 Å². The van der Waals surface area contributed by atoms with Gasteiger partial charge < -0.3 is 4.74 Å². The minimum absolute atomic E-state index is 0.0742. The largest absolute Gasteiger partial charge is 0.456 e. The van der Waals surface area contributed by atoms with Crippen LogP contribution in [0.15, 0.2) is 58.2 Å². The fourth-order valence-corrected chi connectivity index (χ4v) is 3.89. The van der Waals surface area contributed by atoms with Crippen LogP contribution in [0, 0.1) is 6.92 Å². The summed E-state index contributed by atoms with van der Waals surface area (Å²) in [5, 5.41) is 0.581. The van der Waals surface area contributed by atoms with Crippen LogP contribution < -0.4 is 4.90 Å². The monoisotopic (exact) mass is 431 g/mol. The maximum absolute atomic E-state index is 13.0. The van der Waals surface area contributed by atoms with Crippen molar-refractivity contribution in [1.82, 2.24) is 0 Å². The van der Waals surface area contributed by atoms with E-state index in [9.17, 15) is 9.59 Å². The molecule has 1 unspecified atom stereocenters. The van der Waals surface area contributed by atoms with E-state index in [0.717, 1.165) is 15.6 Å². The molecule has 2 aromatic carbocycles. The molecule has 4 rings (SSSR count). The number of anilines is 1. The third-order valence-corrected chi connectivity index (χ3v) is 5.74. The van der Waals surface area contributed by atoms with Crippen molar-refractivity contribution in [3.8, 4) is 0 Å². The van der Waals surface area contributed by atoms with Crippen LogP contribution >= 0.6 is 27.5 Å². The molecular formula is C20H15BrClNO3. The van der Waals surface area contributed by atoms with E-state index in [1.165, 1.54) is 0 Å². The number of rotatable bonds is 2. The molecule has 0 radical (unpaired) electrons. The molecule has 4 nitrogen and oxygen atoms in total. The predicted octanol–water partition coefficient (Wildman–Crippen LogP) is 4.74. The van der Waals surface area contributed by atoms with Crippen LogP contribution in [0.3, 0.4) is 0 Å². The van der Waals surface area contributed by atoms with Crippen molar-refractivity contribution in [3.05, 3.63) is 74.4 Å². The fourth-order valence-electron chi connectivity index (χ4n) is 3.45. The van der Waals surface area contributed by atoms with Crippen LogP contribution in [0.2, 0.25) is 5.02 Å². The molecule has 2 aliphatic heterocycles. The third kappa shape index (κ3) is 2.85. The Bertz CT molecular complexity index is 952. The molecule has 1 amide bonds. The topological polar surface area (TPSA) is 46.6 Å². The van der Waals surface area contributed by atoms with Gasteiger partial charge in [-0.25, -0.2) is 4.79 Å². The standard InChI is InChI=1S/C20H15BrClNO3/c1-11-2-7-14(8-16(11)22)23-17-10-26-20(25)19(17)15(9-18(23)24)12-3-5-13(21)6-4-12/h2-8,15H,9-10H2,1H3. The summed E-state index contributed by atoms with van der Waals surface area (Å²) in [5.74, 6) is -0.726. The normalized spacial score (nSPS) is 19.7. The second kappa shape index (κ2) is 6.56. The van der Waals surface area contributed by atoms with Crippen LogP contribution in [0.4, 0.5) is 5.69 Å². The highest BCUT2D eigenvalue weighted by atomic mass is 79.9. The lowest BCUT2D eigenvalue weighted by molar-refractivity contribution is -0.136. The lowest BCUT2D eigenvalue weighted by Crippen LogP contribution is -2.37. The Hall–Kier alpha value is -2.11. The zero-order valence-corrected chi connectivity index (χ0v) is 16.3. The highest BCUT2D eigenvalue weighted by Gasteiger charge is 2.42. The lowest BCUT2D eigenvalue weighted by atomic mass is 9.84. The van der Waals surface area contributed by atoms with Crippen LogP contribution in [-0.2, 0) is 14.3 Å². The molecule has 0 saturated heterocycles. The van der Waals surface area contributed by atoms with Gasteiger partial charge in [0.2, 0.25) is 5.91 Å². The first-order valence-corrected chi connectivity index (χ1v) is 9.37. The molecule has 6 heteroatoms. The van der Waals surface area contributed by atoms with E-state index in [-0.39, 0.29) is 30.8 Å². The number of aryl methyl sites for hydroxylation is 1. The first-order chi connectivity index (χ1) is 12.5. The van der Waals surface area contributed by atoms with Crippen molar-refractivity contribution in [2.45, 2.75) is 19.3 Å². The summed E-state index contributed by atoms with van der Waals surface area (Å²) in [7, 11) is 0. The molecule has 0 aromatic heterocycles. The van der Waals surface area contributed by atoms with Crippen LogP contribution in [0.5, 0.6) is 0 Å². The average Bonchev–Trinajstić information content (AvgIpc) is 2.99. The Kier molecular flexibility index (Phi) is 4.37. The van der Waals surface area contributed by atoms with Crippen LogP contribution in [-0.4, -0.2) is 18.5 Å². The summed E-state index contributed by atoms with van der Waals surface area (Å²) in [6.45, 7) is 2.00. The maximum atomic E-state index is 13.0. The highest BCUT2D eigenvalue weighted by molar-refractivity contribution is 9.10. The van der Waals surface area contributed by atoms with E-state index in [1.54, 1.807) is 11.0 Å². The first kappa shape index (κ1) is 17.3. The van der Waals surface area contributed by atoms with Gasteiger partial charge in [0.05, 0.1) is 17.0 Å². The Labute approximate surface area is 164 Å². The van der Waals surface area contributed by atoms with Gasteiger partial charge in [-0.2, -0.15) is 0 Å². The number of benzene rings is 2. The van der Waals surface area contributed by atoms with E-state index < -0.39 is 0 Å². The van der Waals surface area contributed by atoms with Gasteiger partial charge in [0.15, 0.2) is 0 Å². The number of esters is 1. The van der Waals surface area contributed by atoms with E-state index >= 15 is 0 Å². The number of carbonyl (C=O) groups is 2. The molecule has 0 spiro atoms. The first-order valence-electron chi connectivity index (χ1n) is 8.20. The van der Waals surface area contributed by atoms with Gasteiger partial charge in [-0.05, 0) is 42.3 Å². The predicted molar refractivity (Wildman–Crippen MR) is 103 cm³/mol. The molecule has 26 heavy (non-hydrogen) atoms. The number of cyclic esters (lactones) is 1. The smallest absolute Gasteiger partial charge is 0.336 e. The SMILES string of the molecule is Cc1ccc(N2C(=O)CC(c3ccc(Br)cc3)C3=C2COC3=O)cc1Cl. The number of halogens is 2. The summed E-state index contributed by atoms with van der Waals surface area (Å²) in [6, 6.07) is 13.1. The number of hydrogen-bond acceptors (Lipinski definition) is 3. The molecule has 0 aliphatic carbocycles. The van der Waals surface area contributed by atoms with E-state index in [2.05, 4.69) is 15.9 Å². The number of hydrogen-bond donors (Lipinski definition) is 0. The van der Waals surface area contributed by atoms with Gasteiger partial charge in [0.1, 0.15) is 6.61 Å². The Balaban J connectivity index is 1.82. The zero-order chi connectivity index (χ0) is 18.4. The van der Waals surface area contributed by atoms with E-state index in [0.29, 0.717) is 22.0 Å². The molecule has 2 aromatic rings. The van der Waals surface area contributed by atoms with Gasteiger partial charge >= 0.3 is 5.97 Å². The molecule has 0 fully saturated rings. The quantitative estimate of drug-likeness (QED) is 0.644. The Morgan fingerprint density at radius 3 is 2.58 bits per heavy atom. The minimum atomic E-state index is -0.358. The van der Waals surface area contributed by atoms with Crippen LogP contribution in [0.1, 0.15) is 23.5 Å². The third-order valence-electron chi connectivity index (χ3n) is 4.80. The second-order valence-electron chi connectivity index (χ2n) is 6.41. The van der Waals surface area contributed by atoms with Crippen molar-refractivity contribution >= 4 is 45.1 Å². The molecule has 2 aliphatic rings. The summed E-state index contributed by atoms with van der Waals surface area (Å²) in [4.78, 5) is 26.9. The summed E-state index contributed by atoms with van der Waals surface area (Å²) < 4.78 is 6.23. The van der Waals surface area contributed by atoms with Gasteiger partial charge in [0.25, 0.3) is 0 Å². The van der Waals surface area contributed by atoms with Crippen LogP contribution in [0.25, 0.3) is 0 Å². The van der Waals surface area contributed by atoms with E-state index in [4.69, 9.17) is 16.3 Å². The molecule has 1 atom stereocenters. The zero-order valence-electron chi connectivity index (χ0n) is 14.0. The summed E-state index contributed by atoms with van der Waals surface area (Å²) >= 11 is 9.65. The number of amides is 1. The van der Waals surface area contributed by atoms with Gasteiger partial charge in [0, 0.05) is 21.8 Å². The van der Waals surface area contributed by atoms with Gasteiger partial charge in [-0.1, -0.05) is 45.7 Å². The van der Waals surface area contributed by atoms with Crippen molar-refractivity contribution in [2.75, 3.05) is 11.5 Å². The number of carbonyl (C=O) groups excluding carboxylic acids is 2. The molecule has 0 saturated carbocycles. The van der Waals surface area contributed by atoms with Crippen molar-refractivity contribution in [1.29, 1.82) is 0 Å². The maximum Gasteiger partial charge on any atom is 0.336 e. The molecule has 2 heterocycles. The van der Waals surface area contributed by atoms with Crippen molar-refractivity contribution in [2.24, 2.45) is 0 Å². The van der Waals surface area contributed by atoms with Crippen molar-refractivity contribution < 1.29 is 14.3 Å². The molecular weight excluding hydrogens is 418 g/mol. The highest BCUT2D eigenvalue weighted by Crippen LogP contribution is 2.42. The van der Waals surface area contributed by atoms with Gasteiger partial charge in [-0.15, -0.1) is 0 Å². The number of ether oxygens (including phenoxy) is 1.